The van der Waals surface area contributed by atoms with Crippen molar-refractivity contribution in [3.63, 3.8) is 0 Å². The summed E-state index contributed by atoms with van der Waals surface area (Å²) in [6.07, 6.45) is 0. The lowest BCUT2D eigenvalue weighted by molar-refractivity contribution is 0.409. The molecule has 0 atom stereocenters. The van der Waals surface area contributed by atoms with Crippen molar-refractivity contribution in [2.45, 2.75) is 32.6 Å². The smallest absolute Gasteiger partial charge is 0.339 e. The summed E-state index contributed by atoms with van der Waals surface area (Å²) in [5.41, 5.74) is 2.98. The number of aryl methyl sites for hydroxylation is 4. The van der Waals surface area contributed by atoms with Gasteiger partial charge < -0.3 is 8.92 Å². The van der Waals surface area contributed by atoms with Crippen LogP contribution in [-0.2, 0) is 10.1 Å². The Morgan fingerprint density at radius 2 is 1.43 bits per heavy atom. The molecule has 2 rings (SSSR count). The maximum absolute atomic E-state index is 12.6. The van der Waals surface area contributed by atoms with Gasteiger partial charge in [-0.05, 0) is 62.1 Å². The maximum atomic E-state index is 12.6. The van der Waals surface area contributed by atoms with Crippen molar-refractivity contribution in [2.24, 2.45) is 0 Å². The molecular formula is C17H19ClO4S. The van der Waals surface area contributed by atoms with E-state index in [-0.39, 0.29) is 10.6 Å². The van der Waals surface area contributed by atoms with E-state index in [0.29, 0.717) is 16.3 Å². The second kappa shape index (κ2) is 6.42. The molecule has 0 aliphatic rings. The Kier molecular flexibility index (Phi) is 4.92. The number of methoxy groups -OCH3 is 1. The SMILES string of the molecule is COc1cc(S(=O)(=O)Oc2cc(C)c(Cl)c(C)c2)c(C)cc1C. The van der Waals surface area contributed by atoms with Gasteiger partial charge in [-0.15, -0.1) is 0 Å². The average Bonchev–Trinajstić information content (AvgIpc) is 2.44. The molecular weight excluding hydrogens is 336 g/mol. The fourth-order valence-corrected chi connectivity index (χ4v) is 3.68. The third-order valence-corrected chi connectivity index (χ3v) is 5.56. The van der Waals surface area contributed by atoms with Gasteiger partial charge in [0.05, 0.1) is 7.11 Å². The van der Waals surface area contributed by atoms with Gasteiger partial charge in [0.15, 0.2) is 0 Å². The molecule has 0 bridgehead atoms. The fraction of sp³-hybridized carbons (Fsp3) is 0.294. The number of benzene rings is 2. The van der Waals surface area contributed by atoms with Gasteiger partial charge in [0.1, 0.15) is 16.4 Å². The average molecular weight is 355 g/mol. The number of hydrogen-bond acceptors (Lipinski definition) is 4. The number of ether oxygens (including phenoxy) is 1. The highest BCUT2D eigenvalue weighted by atomic mass is 35.5. The highest BCUT2D eigenvalue weighted by molar-refractivity contribution is 7.87. The van der Waals surface area contributed by atoms with Crippen LogP contribution in [0, 0.1) is 27.7 Å². The van der Waals surface area contributed by atoms with Crippen molar-refractivity contribution in [1.29, 1.82) is 0 Å². The second-order valence-corrected chi connectivity index (χ2v) is 7.39. The van der Waals surface area contributed by atoms with Crippen LogP contribution < -0.4 is 8.92 Å². The summed E-state index contributed by atoms with van der Waals surface area (Å²) in [4.78, 5) is 0.0882. The van der Waals surface area contributed by atoms with Gasteiger partial charge >= 0.3 is 10.1 Å². The standard InChI is InChI=1S/C17H19ClO4S/c1-10-6-11(2)16(9-15(10)21-5)23(19,20)22-14-7-12(3)17(18)13(4)8-14/h6-9H,1-5H3. The van der Waals surface area contributed by atoms with E-state index < -0.39 is 10.1 Å². The molecule has 124 valence electrons. The summed E-state index contributed by atoms with van der Waals surface area (Å²) >= 11 is 6.10. The van der Waals surface area contributed by atoms with Crippen LogP contribution in [0.1, 0.15) is 22.3 Å². The summed E-state index contributed by atoms with van der Waals surface area (Å²) in [6, 6.07) is 6.45. The minimum atomic E-state index is -3.96. The van der Waals surface area contributed by atoms with Crippen LogP contribution in [0.3, 0.4) is 0 Å². The van der Waals surface area contributed by atoms with Gasteiger partial charge in [-0.25, -0.2) is 0 Å². The first kappa shape index (κ1) is 17.6. The van der Waals surface area contributed by atoms with Crippen LogP contribution in [0.2, 0.25) is 5.02 Å². The van der Waals surface area contributed by atoms with Crippen LogP contribution in [-0.4, -0.2) is 15.5 Å². The molecule has 0 aromatic heterocycles. The van der Waals surface area contributed by atoms with Gasteiger partial charge in [-0.1, -0.05) is 17.7 Å². The minimum Gasteiger partial charge on any atom is -0.496 e. The van der Waals surface area contributed by atoms with Crippen LogP contribution in [0.5, 0.6) is 11.5 Å². The van der Waals surface area contributed by atoms with Gasteiger partial charge in [0, 0.05) is 11.1 Å². The molecule has 0 fully saturated rings. The quantitative estimate of drug-likeness (QED) is 0.766. The first-order valence-corrected chi connectivity index (χ1v) is 8.81. The Labute approximate surface area is 142 Å². The molecule has 23 heavy (non-hydrogen) atoms. The molecule has 0 unspecified atom stereocenters. The molecule has 2 aromatic rings. The molecule has 0 aliphatic carbocycles. The van der Waals surface area contributed by atoms with E-state index in [0.717, 1.165) is 16.7 Å². The fourth-order valence-electron chi connectivity index (χ4n) is 2.43. The predicted molar refractivity (Wildman–Crippen MR) is 91.2 cm³/mol. The lowest BCUT2D eigenvalue weighted by Crippen LogP contribution is -2.12. The van der Waals surface area contributed by atoms with Gasteiger partial charge in [0.25, 0.3) is 0 Å². The molecule has 0 heterocycles. The predicted octanol–water partition coefficient (Wildman–Crippen LogP) is 4.35. The Bertz CT molecular complexity index is 834. The molecule has 6 heteroatoms. The topological polar surface area (TPSA) is 52.6 Å². The van der Waals surface area contributed by atoms with Gasteiger partial charge in [-0.3, -0.25) is 0 Å². The lowest BCUT2D eigenvalue weighted by atomic mass is 10.1. The van der Waals surface area contributed by atoms with E-state index in [4.69, 9.17) is 20.5 Å². The second-order valence-electron chi connectivity index (χ2n) is 5.50. The lowest BCUT2D eigenvalue weighted by Gasteiger charge is -2.14. The van der Waals surface area contributed by atoms with Crippen LogP contribution in [0.25, 0.3) is 0 Å². The summed E-state index contributed by atoms with van der Waals surface area (Å²) < 4.78 is 35.7. The van der Waals surface area contributed by atoms with E-state index in [9.17, 15) is 8.42 Å². The maximum Gasteiger partial charge on any atom is 0.339 e. The van der Waals surface area contributed by atoms with Crippen molar-refractivity contribution >= 4 is 21.7 Å². The Hall–Kier alpha value is -1.72. The van der Waals surface area contributed by atoms with E-state index in [1.165, 1.54) is 13.2 Å². The zero-order valence-corrected chi connectivity index (χ0v) is 15.3. The molecule has 4 nitrogen and oxygen atoms in total. The van der Waals surface area contributed by atoms with E-state index in [1.807, 2.05) is 6.92 Å². The molecule has 0 amide bonds. The molecule has 0 saturated carbocycles. The van der Waals surface area contributed by atoms with Crippen molar-refractivity contribution < 1.29 is 17.3 Å². The van der Waals surface area contributed by atoms with Crippen LogP contribution in [0.4, 0.5) is 0 Å². The number of halogens is 1. The van der Waals surface area contributed by atoms with E-state index in [2.05, 4.69) is 0 Å². The largest absolute Gasteiger partial charge is 0.496 e. The van der Waals surface area contributed by atoms with Crippen molar-refractivity contribution in [2.75, 3.05) is 7.11 Å². The zero-order valence-electron chi connectivity index (χ0n) is 13.7. The Balaban J connectivity index is 2.48. The first-order chi connectivity index (χ1) is 10.7. The minimum absolute atomic E-state index is 0.0882. The highest BCUT2D eigenvalue weighted by Gasteiger charge is 2.22. The summed E-state index contributed by atoms with van der Waals surface area (Å²) in [6.45, 7) is 7.18. The van der Waals surface area contributed by atoms with Gasteiger partial charge in [0.2, 0.25) is 0 Å². The van der Waals surface area contributed by atoms with Crippen LogP contribution in [0.15, 0.2) is 29.2 Å². The molecule has 2 aromatic carbocycles. The molecule has 0 aliphatic heterocycles. The van der Waals surface area contributed by atoms with Crippen molar-refractivity contribution in [1.82, 2.24) is 0 Å². The van der Waals surface area contributed by atoms with E-state index >= 15 is 0 Å². The third-order valence-electron chi connectivity index (χ3n) is 3.58. The van der Waals surface area contributed by atoms with E-state index in [1.54, 1.807) is 39.0 Å². The van der Waals surface area contributed by atoms with Gasteiger partial charge in [-0.2, -0.15) is 8.42 Å². The summed E-state index contributed by atoms with van der Waals surface area (Å²) in [5.74, 6) is 0.740. The van der Waals surface area contributed by atoms with Crippen molar-refractivity contribution in [3.8, 4) is 11.5 Å². The Morgan fingerprint density at radius 3 is 1.96 bits per heavy atom. The summed E-state index contributed by atoms with van der Waals surface area (Å²) in [7, 11) is -2.46. The highest BCUT2D eigenvalue weighted by Crippen LogP contribution is 2.30. The normalized spacial score (nSPS) is 11.4. The molecule has 0 radical (unpaired) electrons. The zero-order chi connectivity index (χ0) is 17.4. The molecule has 0 spiro atoms. The van der Waals surface area contributed by atoms with Crippen molar-refractivity contribution in [3.05, 3.63) is 51.5 Å². The monoisotopic (exact) mass is 354 g/mol. The Morgan fingerprint density at radius 1 is 0.870 bits per heavy atom. The third kappa shape index (κ3) is 3.62. The molecule has 0 saturated heterocycles. The van der Waals surface area contributed by atoms with Crippen LogP contribution >= 0.6 is 11.6 Å². The summed E-state index contributed by atoms with van der Waals surface area (Å²) in [5, 5.41) is 0.600. The molecule has 0 N–H and O–H groups in total. The first-order valence-electron chi connectivity index (χ1n) is 7.02. The number of rotatable bonds is 4. The number of hydrogen-bond donors (Lipinski definition) is 0.